The number of ether oxygens (including phenoxy) is 1. The monoisotopic (exact) mass is 372 g/mol. The molecule has 0 bridgehead atoms. The second kappa shape index (κ2) is 7.92. The lowest BCUT2D eigenvalue weighted by Crippen LogP contribution is -2.21. The van der Waals surface area contributed by atoms with Gasteiger partial charge in [0.25, 0.3) is 5.91 Å². The fraction of sp³-hybridized carbons (Fsp3) is 0.167. The van der Waals surface area contributed by atoms with Crippen LogP contribution >= 0.6 is 11.8 Å². The third kappa shape index (κ3) is 4.34. The molecule has 0 atom stereocenters. The van der Waals surface area contributed by atoms with Crippen molar-refractivity contribution in [1.29, 1.82) is 0 Å². The van der Waals surface area contributed by atoms with E-state index in [0.717, 1.165) is 4.90 Å². The summed E-state index contributed by atoms with van der Waals surface area (Å²) in [5, 5.41) is 14.8. The van der Waals surface area contributed by atoms with Crippen molar-refractivity contribution in [2.75, 3.05) is 23.0 Å². The molecule has 2 aromatic carbocycles. The number of nitrogens with one attached hydrogen (secondary N) is 2. The van der Waals surface area contributed by atoms with Crippen molar-refractivity contribution in [3.8, 4) is 5.75 Å². The highest BCUT2D eigenvalue weighted by atomic mass is 32.2. The molecular formula is C18H16N2O5S. The van der Waals surface area contributed by atoms with Gasteiger partial charge in [0.2, 0.25) is 5.91 Å². The number of phenols is 1. The van der Waals surface area contributed by atoms with Crippen molar-refractivity contribution in [3.05, 3.63) is 48.0 Å². The lowest BCUT2D eigenvalue weighted by atomic mass is 10.2. The summed E-state index contributed by atoms with van der Waals surface area (Å²) in [7, 11) is 0. The van der Waals surface area contributed by atoms with E-state index in [9.17, 15) is 19.5 Å². The standard InChI is InChI=1S/C18H16N2O5S/c21-14-4-2-1-3-12(14)19-17(23)10-25-18(24)11-5-6-15-13(9-11)20-16(22)7-8-26-15/h1-6,9,21H,7-8,10H2,(H,19,23)(H,20,22). The normalized spacial score (nSPS) is 13.2. The zero-order chi connectivity index (χ0) is 18.5. The van der Waals surface area contributed by atoms with Crippen molar-refractivity contribution < 1.29 is 24.2 Å². The predicted molar refractivity (Wildman–Crippen MR) is 97.4 cm³/mol. The molecule has 134 valence electrons. The quantitative estimate of drug-likeness (QED) is 0.563. The van der Waals surface area contributed by atoms with Gasteiger partial charge >= 0.3 is 5.97 Å². The van der Waals surface area contributed by atoms with Crippen LogP contribution in [0.4, 0.5) is 11.4 Å². The Hall–Kier alpha value is -3.00. The molecule has 0 aliphatic carbocycles. The van der Waals surface area contributed by atoms with Gasteiger partial charge in [0, 0.05) is 17.1 Å². The number of fused-ring (bicyclic) bond motifs is 1. The van der Waals surface area contributed by atoms with E-state index in [4.69, 9.17) is 4.74 Å². The maximum atomic E-state index is 12.2. The Labute approximate surface area is 153 Å². The first-order valence-corrected chi connectivity index (χ1v) is 8.83. The summed E-state index contributed by atoms with van der Waals surface area (Å²) < 4.78 is 5.00. The first-order chi connectivity index (χ1) is 12.5. The number of phenolic OH excluding ortho intramolecular Hbond substituents is 1. The fourth-order valence-electron chi connectivity index (χ4n) is 2.33. The van der Waals surface area contributed by atoms with E-state index in [1.165, 1.54) is 30.0 Å². The van der Waals surface area contributed by atoms with E-state index in [2.05, 4.69) is 10.6 Å². The number of thioether (sulfide) groups is 1. The van der Waals surface area contributed by atoms with Crippen molar-refractivity contribution in [1.82, 2.24) is 0 Å². The molecule has 0 radical (unpaired) electrons. The fourth-order valence-corrected chi connectivity index (χ4v) is 3.26. The number of carbonyl (C=O) groups is 3. The third-order valence-corrected chi connectivity index (χ3v) is 4.66. The van der Waals surface area contributed by atoms with Gasteiger partial charge in [0.15, 0.2) is 6.61 Å². The Morgan fingerprint density at radius 2 is 2.04 bits per heavy atom. The Balaban J connectivity index is 1.61. The minimum absolute atomic E-state index is 0.0776. The Kier molecular flexibility index (Phi) is 5.43. The van der Waals surface area contributed by atoms with Gasteiger partial charge in [-0.2, -0.15) is 0 Å². The molecule has 0 fully saturated rings. The zero-order valence-corrected chi connectivity index (χ0v) is 14.5. The second-order valence-corrected chi connectivity index (χ2v) is 6.64. The van der Waals surface area contributed by atoms with Gasteiger partial charge in [-0.1, -0.05) is 12.1 Å². The number of hydrogen-bond acceptors (Lipinski definition) is 6. The highest BCUT2D eigenvalue weighted by molar-refractivity contribution is 7.99. The van der Waals surface area contributed by atoms with Gasteiger partial charge in [-0.25, -0.2) is 4.79 Å². The van der Waals surface area contributed by atoms with Crippen molar-refractivity contribution in [2.45, 2.75) is 11.3 Å². The molecular weight excluding hydrogens is 356 g/mol. The van der Waals surface area contributed by atoms with E-state index in [-0.39, 0.29) is 22.9 Å². The lowest BCUT2D eigenvalue weighted by molar-refractivity contribution is -0.119. The average molecular weight is 372 g/mol. The largest absolute Gasteiger partial charge is 0.506 e. The number of amides is 2. The molecule has 0 spiro atoms. The van der Waals surface area contributed by atoms with Crippen LogP contribution in [-0.2, 0) is 14.3 Å². The number of esters is 1. The highest BCUT2D eigenvalue weighted by Gasteiger charge is 2.17. The average Bonchev–Trinajstić information content (AvgIpc) is 2.81. The number of aromatic hydroxyl groups is 1. The van der Waals surface area contributed by atoms with Crippen molar-refractivity contribution >= 4 is 40.9 Å². The predicted octanol–water partition coefficient (Wildman–Crippen LogP) is 2.62. The Morgan fingerprint density at radius 3 is 2.85 bits per heavy atom. The summed E-state index contributed by atoms with van der Waals surface area (Å²) in [6.45, 7) is -0.495. The van der Waals surface area contributed by atoms with Crippen LogP contribution in [0.15, 0.2) is 47.4 Å². The summed E-state index contributed by atoms with van der Waals surface area (Å²) in [6.07, 6.45) is 0.408. The van der Waals surface area contributed by atoms with Gasteiger partial charge in [0.1, 0.15) is 5.75 Å². The maximum absolute atomic E-state index is 12.2. The highest BCUT2D eigenvalue weighted by Crippen LogP contribution is 2.31. The van der Waals surface area contributed by atoms with Crippen LogP contribution < -0.4 is 10.6 Å². The molecule has 1 aliphatic heterocycles. The smallest absolute Gasteiger partial charge is 0.338 e. The number of para-hydroxylation sites is 2. The first kappa shape index (κ1) is 17.8. The first-order valence-electron chi connectivity index (χ1n) is 7.84. The number of benzene rings is 2. The maximum Gasteiger partial charge on any atom is 0.338 e. The molecule has 1 aliphatic rings. The van der Waals surface area contributed by atoms with Gasteiger partial charge < -0.3 is 20.5 Å². The van der Waals surface area contributed by atoms with Gasteiger partial charge in [-0.15, -0.1) is 11.8 Å². The van der Waals surface area contributed by atoms with Crippen LogP contribution in [0.3, 0.4) is 0 Å². The van der Waals surface area contributed by atoms with E-state index in [0.29, 0.717) is 17.9 Å². The molecule has 3 rings (SSSR count). The van der Waals surface area contributed by atoms with E-state index in [1.54, 1.807) is 24.3 Å². The van der Waals surface area contributed by atoms with Crippen LogP contribution in [0.1, 0.15) is 16.8 Å². The minimum atomic E-state index is -0.677. The molecule has 0 unspecified atom stereocenters. The molecule has 1 heterocycles. The topological polar surface area (TPSA) is 105 Å². The van der Waals surface area contributed by atoms with E-state index in [1.807, 2.05) is 0 Å². The number of rotatable bonds is 4. The molecule has 0 aromatic heterocycles. The Morgan fingerprint density at radius 1 is 1.23 bits per heavy atom. The van der Waals surface area contributed by atoms with E-state index >= 15 is 0 Å². The van der Waals surface area contributed by atoms with Crippen molar-refractivity contribution in [2.24, 2.45) is 0 Å². The summed E-state index contributed by atoms with van der Waals surface area (Å²) in [5.74, 6) is -0.757. The van der Waals surface area contributed by atoms with E-state index < -0.39 is 18.5 Å². The van der Waals surface area contributed by atoms with Crippen LogP contribution in [-0.4, -0.2) is 35.2 Å². The molecule has 0 saturated heterocycles. The molecule has 7 nitrogen and oxygen atoms in total. The van der Waals surface area contributed by atoms with Gasteiger partial charge in [-0.05, 0) is 30.3 Å². The number of carbonyl (C=O) groups excluding carboxylic acids is 3. The molecule has 2 aromatic rings. The lowest BCUT2D eigenvalue weighted by Gasteiger charge is -2.10. The molecule has 8 heteroatoms. The molecule has 2 amide bonds. The SMILES string of the molecule is O=C(COC(=O)c1ccc2c(c1)NC(=O)CCS2)Nc1ccccc1O. The number of anilines is 2. The van der Waals surface area contributed by atoms with Gasteiger partial charge in [0.05, 0.1) is 16.9 Å². The van der Waals surface area contributed by atoms with Crippen LogP contribution in [0.25, 0.3) is 0 Å². The van der Waals surface area contributed by atoms with Gasteiger partial charge in [-0.3, -0.25) is 9.59 Å². The Bertz CT molecular complexity index is 868. The van der Waals surface area contributed by atoms with Crippen molar-refractivity contribution in [3.63, 3.8) is 0 Å². The summed E-state index contributed by atoms with van der Waals surface area (Å²) >= 11 is 1.53. The molecule has 26 heavy (non-hydrogen) atoms. The summed E-state index contributed by atoms with van der Waals surface area (Å²) in [5.41, 5.74) is 1.03. The zero-order valence-electron chi connectivity index (χ0n) is 13.7. The summed E-state index contributed by atoms with van der Waals surface area (Å²) in [6, 6.07) is 11.1. The number of hydrogen-bond donors (Lipinski definition) is 3. The molecule has 3 N–H and O–H groups in total. The minimum Gasteiger partial charge on any atom is -0.506 e. The summed E-state index contributed by atoms with van der Waals surface area (Å²) in [4.78, 5) is 36.5. The van der Waals surface area contributed by atoms with Crippen LogP contribution in [0.5, 0.6) is 5.75 Å². The van der Waals surface area contributed by atoms with Crippen LogP contribution in [0.2, 0.25) is 0 Å². The third-order valence-electron chi connectivity index (χ3n) is 3.59. The van der Waals surface area contributed by atoms with Crippen LogP contribution in [0, 0.1) is 0 Å². The second-order valence-electron chi connectivity index (χ2n) is 5.50. The molecule has 0 saturated carbocycles.